The molecule has 0 spiro atoms. The summed E-state index contributed by atoms with van der Waals surface area (Å²) in [4.78, 5) is 54.6. The summed E-state index contributed by atoms with van der Waals surface area (Å²) in [6, 6.07) is 95.7. The second-order valence-corrected chi connectivity index (χ2v) is 30.7. The molecule has 11 aromatic carbocycles. The highest BCUT2D eigenvalue weighted by atomic mass is 35.5. The molecule has 0 aliphatic heterocycles. The van der Waals surface area contributed by atoms with Gasteiger partial charge in [-0.3, -0.25) is 0 Å². The van der Waals surface area contributed by atoms with Gasteiger partial charge in [-0.15, -0.1) is 0 Å². The van der Waals surface area contributed by atoms with Crippen molar-refractivity contribution in [3.63, 3.8) is 0 Å². The first-order valence-electron chi connectivity index (χ1n) is 43.2. The summed E-state index contributed by atoms with van der Waals surface area (Å²) in [6.45, 7) is 10.8. The van der Waals surface area contributed by atoms with Gasteiger partial charge in [-0.2, -0.15) is 29.9 Å². The lowest BCUT2D eigenvalue weighted by molar-refractivity contribution is 0.415. The van der Waals surface area contributed by atoms with Gasteiger partial charge in [0.2, 0.25) is 35.7 Å². The highest BCUT2D eigenvalue weighted by Gasteiger charge is 2.18. The quantitative estimate of drug-likeness (QED) is 0.0203. The molecule has 0 unspecified atom stereocenters. The fourth-order valence-electron chi connectivity index (χ4n) is 14.1. The maximum Gasteiger partial charge on any atom is 0.225 e. The van der Waals surface area contributed by atoms with E-state index in [0.29, 0.717) is 72.4 Å². The average Bonchev–Trinajstić information content (AvgIpc) is 0.817. The third kappa shape index (κ3) is 26.6. The Hall–Kier alpha value is -14.9. The van der Waals surface area contributed by atoms with Crippen LogP contribution in [0.4, 0.5) is 70.6 Å². The van der Waals surface area contributed by atoms with Crippen molar-refractivity contribution >= 4 is 148 Å². The fourth-order valence-corrected chi connectivity index (χ4v) is 14.2. The number of nitrogens with zero attached hydrogens (tertiary/aromatic N) is 12. The first kappa shape index (κ1) is 89.9. The van der Waals surface area contributed by atoms with E-state index in [1.165, 1.54) is 59.9 Å². The second-order valence-electron chi connectivity index (χ2n) is 30.2. The number of hydrogen-bond donors (Lipinski definition) is 12. The number of benzene rings is 11. The minimum Gasteiger partial charge on any atom is -0.497 e. The number of methoxy groups -OCH3 is 1. The molecule has 17 aromatic rings. The van der Waals surface area contributed by atoms with E-state index in [9.17, 15) is 0 Å². The van der Waals surface area contributed by atoms with Crippen LogP contribution in [-0.2, 0) is 32.7 Å². The Morgan fingerprint density at radius 1 is 0.315 bits per heavy atom. The van der Waals surface area contributed by atoms with Gasteiger partial charge in [0.15, 0.2) is 0 Å². The van der Waals surface area contributed by atoms with Crippen LogP contribution in [0.1, 0.15) is 93.5 Å². The van der Waals surface area contributed by atoms with Crippen LogP contribution in [0.3, 0.4) is 0 Å². The van der Waals surface area contributed by atoms with Gasteiger partial charge in [0.1, 0.15) is 40.7 Å². The average molecular weight is 1710 g/mol. The van der Waals surface area contributed by atoms with Crippen LogP contribution in [0, 0.1) is 0 Å². The third-order valence-corrected chi connectivity index (χ3v) is 20.8. The number of hydrogen-bond acceptors (Lipinski definition) is 25. The van der Waals surface area contributed by atoms with E-state index < -0.39 is 0 Å². The minimum atomic E-state index is 0.327. The lowest BCUT2D eigenvalue weighted by Gasteiger charge is -2.24. The Bertz CT molecular complexity index is 6280. The fraction of sp³-hybridized carbons (Fsp3) is 0.228. The number of ether oxygens (including phenoxy) is 1. The van der Waals surface area contributed by atoms with Gasteiger partial charge in [0.25, 0.3) is 0 Å². The molecule has 1 aliphatic carbocycles. The Morgan fingerprint density at radius 2 is 0.638 bits per heavy atom. The van der Waals surface area contributed by atoms with Crippen molar-refractivity contribution in [1.82, 2.24) is 59.8 Å². The van der Waals surface area contributed by atoms with Gasteiger partial charge in [0.05, 0.1) is 40.2 Å². The molecule has 648 valence electrons. The Balaban J connectivity index is 0.000000130. The number of unbranched alkanes of at least 4 members (excludes halogenated alkanes) is 1. The predicted octanol–water partition coefficient (Wildman–Crippen LogP) is 22.4. The Morgan fingerprint density at radius 3 is 1.04 bits per heavy atom. The highest BCUT2D eigenvalue weighted by molar-refractivity contribution is 6.31. The lowest BCUT2D eigenvalue weighted by atomic mass is 9.95. The Kier molecular flexibility index (Phi) is 33.4. The smallest absolute Gasteiger partial charge is 0.225 e. The molecule has 26 heteroatoms. The zero-order valence-corrected chi connectivity index (χ0v) is 73.9. The van der Waals surface area contributed by atoms with E-state index in [0.717, 1.165) is 139 Å². The molecule has 25 nitrogen and oxygen atoms in total. The molecule has 0 atom stereocenters. The summed E-state index contributed by atoms with van der Waals surface area (Å²) in [5.41, 5.74) is 11.6. The van der Waals surface area contributed by atoms with Crippen LogP contribution in [-0.4, -0.2) is 114 Å². The molecule has 127 heavy (non-hydrogen) atoms. The molecule has 0 saturated heterocycles. The number of halogens is 1. The molecule has 1 saturated carbocycles. The molecular weight excluding hydrogens is 1600 g/mol. The van der Waals surface area contributed by atoms with Crippen LogP contribution >= 0.6 is 11.6 Å². The summed E-state index contributed by atoms with van der Waals surface area (Å²) < 4.78 is 5.26. The molecule has 1 aliphatic rings. The predicted molar refractivity (Wildman–Crippen MR) is 528 cm³/mol. The lowest BCUT2D eigenvalue weighted by Crippen LogP contribution is -2.23. The molecule has 12 N–H and O–H groups in total. The maximum atomic E-state index is 6.03. The number of para-hydroxylation sites is 4. The molecule has 18 rings (SSSR count). The van der Waals surface area contributed by atoms with E-state index in [1.54, 1.807) is 7.11 Å². The number of nitrogens with one attached hydrogen (secondary N) is 12. The van der Waals surface area contributed by atoms with Crippen LogP contribution in [0.15, 0.2) is 285 Å². The monoisotopic (exact) mass is 1710 g/mol. The molecule has 1 fully saturated rings. The van der Waals surface area contributed by atoms with Crippen molar-refractivity contribution in [3.8, 4) is 5.75 Å². The highest BCUT2D eigenvalue weighted by Crippen LogP contribution is 2.32. The van der Waals surface area contributed by atoms with Gasteiger partial charge >= 0.3 is 0 Å². The van der Waals surface area contributed by atoms with E-state index in [-0.39, 0.29) is 0 Å². The number of fused-ring (bicyclic) bond motifs is 6. The van der Waals surface area contributed by atoms with Gasteiger partial charge in [-0.25, -0.2) is 29.9 Å². The summed E-state index contributed by atoms with van der Waals surface area (Å²) in [7, 11) is 9.03. The van der Waals surface area contributed by atoms with Crippen molar-refractivity contribution in [1.29, 1.82) is 0 Å². The molecule has 6 heterocycles. The third-order valence-electron chi connectivity index (χ3n) is 20.6. The van der Waals surface area contributed by atoms with E-state index in [4.69, 9.17) is 21.3 Å². The molecular formula is C101H111ClN24O. The van der Waals surface area contributed by atoms with Crippen molar-refractivity contribution in [2.75, 3.05) is 106 Å². The zero-order chi connectivity index (χ0) is 88.2. The van der Waals surface area contributed by atoms with Crippen LogP contribution in [0.25, 0.3) is 65.4 Å². The molecule has 0 amide bonds. The number of rotatable bonds is 28. The van der Waals surface area contributed by atoms with Crippen LogP contribution < -0.4 is 68.5 Å². The van der Waals surface area contributed by atoms with Gasteiger partial charge < -0.3 is 68.5 Å². The van der Waals surface area contributed by atoms with Crippen molar-refractivity contribution in [2.45, 2.75) is 111 Å². The van der Waals surface area contributed by atoms with Gasteiger partial charge in [-0.1, -0.05) is 244 Å². The van der Waals surface area contributed by atoms with Gasteiger partial charge in [0, 0.05) is 117 Å². The van der Waals surface area contributed by atoms with Crippen molar-refractivity contribution in [3.05, 3.63) is 318 Å². The summed E-state index contributed by atoms with van der Waals surface area (Å²) in [5, 5.41) is 45.9. The van der Waals surface area contributed by atoms with Crippen LogP contribution in [0.5, 0.6) is 5.75 Å². The summed E-state index contributed by atoms with van der Waals surface area (Å²) >= 11 is 6.03. The normalized spacial score (nSPS) is 11.5. The van der Waals surface area contributed by atoms with Crippen molar-refractivity contribution in [2.24, 2.45) is 0 Å². The largest absolute Gasteiger partial charge is 0.497 e. The molecule has 0 bridgehead atoms. The topological polar surface area (TPSA) is 308 Å². The van der Waals surface area contributed by atoms with E-state index >= 15 is 0 Å². The first-order chi connectivity index (χ1) is 62.4. The summed E-state index contributed by atoms with van der Waals surface area (Å²) in [6.07, 6.45) is 8.75. The maximum absolute atomic E-state index is 6.03. The van der Waals surface area contributed by atoms with Crippen molar-refractivity contribution < 1.29 is 4.74 Å². The molecule has 0 radical (unpaired) electrons. The second kappa shape index (κ2) is 47.1. The Labute approximate surface area is 747 Å². The SMILES string of the molecule is CC(C)Nc1nc(NC2CCCCC2)c2ccccc2n1.CCCCNc1nc(NCc2ccccc2)c2ccccc2n1.CNc1nc(NCc2ccccc2)c2ccccc2n1.CNc1nc(NCc2ccccc2)nc2ccc(Cl)cc12.CNc1nc(NCc2ccccc2)nc2ccc(OC)cc12.CNc1nc(NCc2ccccc2)nc2ccccc12. The summed E-state index contributed by atoms with van der Waals surface area (Å²) in [5.74, 6) is 9.72. The molecule has 6 aromatic heterocycles. The minimum absolute atomic E-state index is 0.327. The van der Waals surface area contributed by atoms with E-state index in [1.807, 2.05) is 234 Å². The van der Waals surface area contributed by atoms with Crippen LogP contribution in [0.2, 0.25) is 5.02 Å². The number of aromatic nitrogens is 12. The number of anilines is 12. The zero-order valence-electron chi connectivity index (χ0n) is 73.1. The van der Waals surface area contributed by atoms with E-state index in [2.05, 4.69) is 218 Å². The first-order valence-corrected chi connectivity index (χ1v) is 43.5. The van der Waals surface area contributed by atoms with Gasteiger partial charge in [-0.05, 0) is 146 Å². The standard InChI is InChI=1S/C19H22N4.C17H18N4O.C17H24N4.C16H15ClN4.2C16H16N4/c1-2-3-13-20-19-22-17-12-8-7-11-16(17)18(23-19)21-14-15-9-5-4-6-10-15;1-18-16-14-10-13(22-2)8-9-15(14)20-17(21-16)19-11-12-6-4-3-5-7-12;1-12(2)18-17-20-15-11-7-6-10-14(15)16(21-17)19-13-8-4-3-5-9-13;1-18-15-13-9-12(17)7-8-14(13)20-16(21-15)19-10-11-5-3-2-4-6-11;1-17-16-19-14-10-6-5-9-13(14)15(20-16)18-11-12-7-3-2-4-8-12;1-17-15-13-9-5-6-10-14(13)19-16(20-15)18-11-12-7-3-2-4-8-12/h4-12H,2-3,13-14H2,1H3,(H2,20,21,22,23);3-10H,11H2,1-2H3,(H2,18,19,20,21);6-7,10-13H,3-5,8-9H2,1-2H3,(H2,18,19,20,21);2-9H,10H2,1H3,(H2,18,19,20,21);2*2-10H,11H2,1H3,(H2,17,18,19,20).